The number of hydrogen-bond donors (Lipinski definition) is 0. The normalized spacial score (nSPS) is 15.3. The summed E-state index contributed by atoms with van der Waals surface area (Å²) in [6.45, 7) is 0.425. The fourth-order valence-corrected chi connectivity index (χ4v) is 4.28. The van der Waals surface area contributed by atoms with Gasteiger partial charge in [0.15, 0.2) is 0 Å². The summed E-state index contributed by atoms with van der Waals surface area (Å²) in [5, 5.41) is 11.1. The monoisotopic (exact) mass is 421 g/mol. The quantitative estimate of drug-likeness (QED) is 0.256. The van der Waals surface area contributed by atoms with Crippen molar-refractivity contribution in [2.45, 2.75) is 6.54 Å². The maximum absolute atomic E-state index is 12.9. The first-order valence-corrected chi connectivity index (χ1v) is 9.97. The van der Waals surface area contributed by atoms with Crippen LogP contribution in [0.4, 0.5) is 5.69 Å². The molecule has 0 spiro atoms. The topological polar surface area (TPSA) is 68.4 Å². The van der Waals surface area contributed by atoms with Crippen LogP contribution in [0.5, 0.6) is 0 Å². The summed E-state index contributed by atoms with van der Waals surface area (Å²) in [6, 6.07) is 19.7. The second kappa shape index (κ2) is 8.02. The van der Waals surface area contributed by atoms with Crippen LogP contribution in [-0.2, 0) is 11.3 Å². The van der Waals surface area contributed by atoms with Crippen molar-refractivity contribution in [2.24, 2.45) is 0 Å². The van der Waals surface area contributed by atoms with E-state index in [4.69, 9.17) is 12.2 Å². The van der Waals surface area contributed by atoms with Crippen molar-refractivity contribution in [3.8, 4) is 5.69 Å². The first-order chi connectivity index (χ1) is 14.0. The van der Waals surface area contributed by atoms with Gasteiger partial charge in [0.25, 0.3) is 11.6 Å². The zero-order valence-corrected chi connectivity index (χ0v) is 16.7. The van der Waals surface area contributed by atoms with Crippen LogP contribution in [0.2, 0.25) is 0 Å². The zero-order valence-electron chi connectivity index (χ0n) is 15.1. The SMILES string of the molecule is O=C1/C(=C\c2cccn2-c2cccc([N+](=O)[O-])c2)SC(=S)N1Cc1ccccc1. The minimum atomic E-state index is -0.429. The third kappa shape index (κ3) is 3.98. The molecule has 0 bridgehead atoms. The number of benzene rings is 2. The summed E-state index contributed by atoms with van der Waals surface area (Å²) in [5.74, 6) is -0.143. The molecule has 6 nitrogen and oxygen atoms in total. The molecule has 29 heavy (non-hydrogen) atoms. The van der Waals surface area contributed by atoms with Crippen LogP contribution in [0, 0.1) is 10.1 Å². The van der Waals surface area contributed by atoms with Crippen molar-refractivity contribution in [3.63, 3.8) is 0 Å². The van der Waals surface area contributed by atoms with E-state index in [0.717, 1.165) is 11.3 Å². The zero-order chi connectivity index (χ0) is 20.4. The van der Waals surface area contributed by atoms with E-state index in [1.165, 1.54) is 23.9 Å². The highest BCUT2D eigenvalue weighted by Gasteiger charge is 2.32. The Hall–Kier alpha value is -3.23. The van der Waals surface area contributed by atoms with Gasteiger partial charge in [0, 0.05) is 24.0 Å². The lowest BCUT2D eigenvalue weighted by atomic mass is 10.2. The van der Waals surface area contributed by atoms with Gasteiger partial charge < -0.3 is 4.57 Å². The lowest BCUT2D eigenvalue weighted by Gasteiger charge is -2.14. The Morgan fingerprint density at radius 1 is 1.07 bits per heavy atom. The summed E-state index contributed by atoms with van der Waals surface area (Å²) < 4.78 is 2.31. The van der Waals surface area contributed by atoms with Gasteiger partial charge in [0.2, 0.25) is 0 Å². The highest BCUT2D eigenvalue weighted by atomic mass is 32.2. The number of nitro groups is 1. The second-order valence-electron chi connectivity index (χ2n) is 6.33. The molecular weight excluding hydrogens is 406 g/mol. The lowest BCUT2D eigenvalue weighted by molar-refractivity contribution is -0.384. The maximum atomic E-state index is 12.9. The minimum Gasteiger partial charge on any atom is -0.317 e. The molecule has 1 saturated heterocycles. The summed E-state index contributed by atoms with van der Waals surface area (Å²) in [4.78, 5) is 25.6. The predicted molar refractivity (Wildman–Crippen MR) is 118 cm³/mol. The molecule has 3 aromatic rings. The van der Waals surface area contributed by atoms with Crippen molar-refractivity contribution in [3.05, 3.63) is 99.2 Å². The van der Waals surface area contributed by atoms with Gasteiger partial charge in [0.1, 0.15) is 4.32 Å². The van der Waals surface area contributed by atoms with E-state index in [1.807, 2.05) is 42.5 Å². The molecule has 4 rings (SSSR count). The van der Waals surface area contributed by atoms with Gasteiger partial charge in [-0.1, -0.05) is 60.4 Å². The predicted octanol–water partition coefficient (Wildman–Crippen LogP) is 4.79. The number of nitrogens with zero attached hydrogens (tertiary/aromatic N) is 3. The van der Waals surface area contributed by atoms with Crippen LogP contribution in [0.3, 0.4) is 0 Å². The van der Waals surface area contributed by atoms with Gasteiger partial charge >= 0.3 is 0 Å². The Bertz CT molecular complexity index is 1140. The molecule has 144 valence electrons. The van der Waals surface area contributed by atoms with Crippen LogP contribution < -0.4 is 0 Å². The summed E-state index contributed by atoms with van der Waals surface area (Å²) >= 11 is 6.67. The Morgan fingerprint density at radius 2 is 1.86 bits per heavy atom. The summed E-state index contributed by atoms with van der Waals surface area (Å²) in [5.41, 5.74) is 2.40. The first kappa shape index (κ1) is 19.1. The first-order valence-electron chi connectivity index (χ1n) is 8.74. The second-order valence-corrected chi connectivity index (χ2v) is 8.01. The van der Waals surface area contributed by atoms with E-state index in [9.17, 15) is 14.9 Å². The van der Waals surface area contributed by atoms with Crippen LogP contribution in [0.1, 0.15) is 11.3 Å². The molecule has 2 heterocycles. The molecule has 1 aromatic heterocycles. The Morgan fingerprint density at radius 3 is 2.62 bits per heavy atom. The average molecular weight is 422 g/mol. The minimum absolute atomic E-state index is 0.0105. The molecule has 1 aliphatic heterocycles. The largest absolute Gasteiger partial charge is 0.317 e. The van der Waals surface area contributed by atoms with E-state index in [1.54, 1.807) is 33.9 Å². The van der Waals surface area contributed by atoms with E-state index < -0.39 is 4.92 Å². The smallest absolute Gasteiger partial charge is 0.271 e. The molecule has 0 radical (unpaired) electrons. The number of non-ortho nitro benzene ring substituents is 1. The number of carbonyl (C=O) groups excluding carboxylic acids is 1. The molecule has 8 heteroatoms. The molecule has 0 atom stereocenters. The lowest BCUT2D eigenvalue weighted by Crippen LogP contribution is -2.27. The Kier molecular flexibility index (Phi) is 5.28. The van der Waals surface area contributed by atoms with Crippen LogP contribution in [0.15, 0.2) is 77.8 Å². The van der Waals surface area contributed by atoms with E-state index in [2.05, 4.69) is 0 Å². The molecule has 0 unspecified atom stereocenters. The molecular formula is C21H15N3O3S2. The standard InChI is InChI=1S/C21H15N3O3S2/c25-20-19(29-21(28)23(20)14-15-6-2-1-3-7-15)13-17-10-5-11-22(17)16-8-4-9-18(12-16)24(26)27/h1-13H,14H2/b19-13+. The molecule has 0 N–H and O–H groups in total. The van der Waals surface area contributed by atoms with Gasteiger partial charge in [-0.3, -0.25) is 19.8 Å². The van der Waals surface area contributed by atoms with Crippen molar-refractivity contribution in [1.82, 2.24) is 9.47 Å². The third-order valence-corrected chi connectivity index (χ3v) is 5.81. The van der Waals surface area contributed by atoms with E-state index in [-0.39, 0.29) is 11.6 Å². The Balaban J connectivity index is 1.62. The maximum Gasteiger partial charge on any atom is 0.271 e. The molecule has 0 saturated carbocycles. The summed E-state index contributed by atoms with van der Waals surface area (Å²) in [6.07, 6.45) is 3.57. The fourth-order valence-electron chi connectivity index (χ4n) is 3.04. The molecule has 1 fully saturated rings. The molecule has 2 aromatic carbocycles. The van der Waals surface area contributed by atoms with Gasteiger partial charge in [-0.05, 0) is 29.8 Å². The highest BCUT2D eigenvalue weighted by Crippen LogP contribution is 2.34. The molecule has 1 amide bonds. The fraction of sp³-hybridized carbons (Fsp3) is 0.0476. The number of carbonyl (C=O) groups is 1. The van der Waals surface area contributed by atoms with Gasteiger partial charge in [-0.25, -0.2) is 0 Å². The highest BCUT2D eigenvalue weighted by molar-refractivity contribution is 8.26. The number of nitro benzene ring substituents is 1. The number of hydrogen-bond acceptors (Lipinski definition) is 5. The van der Waals surface area contributed by atoms with E-state index >= 15 is 0 Å². The number of rotatable bonds is 5. The van der Waals surface area contributed by atoms with Gasteiger partial charge in [-0.2, -0.15) is 0 Å². The van der Waals surface area contributed by atoms with E-state index in [0.29, 0.717) is 21.5 Å². The van der Waals surface area contributed by atoms with Crippen LogP contribution >= 0.6 is 24.0 Å². The Labute approximate surface area is 176 Å². The molecule has 1 aliphatic rings. The molecule has 0 aliphatic carbocycles. The van der Waals surface area contributed by atoms with Crippen LogP contribution in [-0.4, -0.2) is 24.6 Å². The third-order valence-electron chi connectivity index (χ3n) is 4.44. The average Bonchev–Trinajstić information content (AvgIpc) is 3.29. The van der Waals surface area contributed by atoms with Crippen molar-refractivity contribution in [2.75, 3.05) is 0 Å². The van der Waals surface area contributed by atoms with Gasteiger partial charge in [0.05, 0.1) is 22.1 Å². The number of aromatic nitrogens is 1. The number of thiocarbonyl (C=S) groups is 1. The van der Waals surface area contributed by atoms with Crippen molar-refractivity contribution in [1.29, 1.82) is 0 Å². The number of thioether (sulfide) groups is 1. The van der Waals surface area contributed by atoms with Gasteiger partial charge in [-0.15, -0.1) is 0 Å². The summed E-state index contributed by atoms with van der Waals surface area (Å²) in [7, 11) is 0. The van der Waals surface area contributed by atoms with Crippen molar-refractivity contribution < 1.29 is 9.72 Å². The number of amides is 1. The van der Waals surface area contributed by atoms with Crippen molar-refractivity contribution >= 4 is 46.0 Å². The van der Waals surface area contributed by atoms with Crippen LogP contribution in [0.25, 0.3) is 11.8 Å².